The first-order valence-electron chi connectivity index (χ1n) is 5.52. The van der Waals surface area contributed by atoms with Crippen LogP contribution in [0.25, 0.3) is 0 Å². The molecule has 1 heterocycles. The molecule has 0 bridgehead atoms. The van der Waals surface area contributed by atoms with E-state index in [1.165, 1.54) is 0 Å². The van der Waals surface area contributed by atoms with Gasteiger partial charge in [-0.1, -0.05) is 41.1 Å². The first-order valence-corrected chi connectivity index (χ1v) is 6.71. The number of aromatic nitrogens is 1. The lowest BCUT2D eigenvalue weighted by atomic mass is 10.2. The normalized spacial score (nSPS) is 10.9. The first-order chi connectivity index (χ1) is 8.69. The highest BCUT2D eigenvalue weighted by molar-refractivity contribution is 7.15. The number of nitrogens with zero attached hydrogens (tertiary/aromatic N) is 2. The minimum atomic E-state index is 0.733. The molecule has 0 saturated carbocycles. The highest BCUT2D eigenvalue weighted by atomic mass is 35.5. The smallest absolute Gasteiger partial charge is 0.197 e. The van der Waals surface area contributed by atoms with Crippen LogP contribution in [0.3, 0.4) is 0 Å². The van der Waals surface area contributed by atoms with Crippen LogP contribution in [0.15, 0.2) is 30.5 Å². The Hall–Kier alpha value is -1.14. The lowest BCUT2D eigenvalue weighted by molar-refractivity contribution is 0.322. The van der Waals surface area contributed by atoms with E-state index in [2.05, 4.69) is 22.4 Å². The predicted molar refractivity (Wildman–Crippen MR) is 76.5 cm³/mol. The van der Waals surface area contributed by atoms with Gasteiger partial charge in [-0.15, -0.1) is 0 Å². The zero-order chi connectivity index (χ0) is 13.0. The highest BCUT2D eigenvalue weighted by Crippen LogP contribution is 2.21. The standard InChI is InChI=1S/C12H15ClN4S/c1-17(7-9-4-2-3-5-11(9)13)8-10-6-15-12(16-14)18-10/h2-6H,7-8,14H2,1H3,(H,15,16). The van der Waals surface area contributed by atoms with Crippen LogP contribution in [0.4, 0.5) is 5.13 Å². The second-order valence-corrected chi connectivity index (χ2v) is 5.56. The van der Waals surface area contributed by atoms with Gasteiger partial charge in [0.25, 0.3) is 0 Å². The van der Waals surface area contributed by atoms with Gasteiger partial charge in [0.15, 0.2) is 5.13 Å². The molecule has 0 amide bonds. The van der Waals surface area contributed by atoms with Crippen LogP contribution in [-0.4, -0.2) is 16.9 Å². The second-order valence-electron chi connectivity index (χ2n) is 4.04. The van der Waals surface area contributed by atoms with Crippen LogP contribution >= 0.6 is 22.9 Å². The molecule has 0 radical (unpaired) electrons. The Morgan fingerprint density at radius 3 is 2.83 bits per heavy atom. The quantitative estimate of drug-likeness (QED) is 0.654. The number of anilines is 1. The molecule has 0 spiro atoms. The van der Waals surface area contributed by atoms with Crippen molar-refractivity contribution in [1.82, 2.24) is 9.88 Å². The van der Waals surface area contributed by atoms with Gasteiger partial charge >= 0.3 is 0 Å². The van der Waals surface area contributed by atoms with Crippen molar-refractivity contribution in [2.75, 3.05) is 12.5 Å². The molecule has 0 unspecified atom stereocenters. The molecular formula is C12H15ClN4S. The Bertz CT molecular complexity index is 514. The Balaban J connectivity index is 1.96. The molecule has 18 heavy (non-hydrogen) atoms. The average Bonchev–Trinajstić information content (AvgIpc) is 2.80. The molecule has 1 aromatic carbocycles. The van der Waals surface area contributed by atoms with Crippen LogP contribution in [0, 0.1) is 0 Å². The molecule has 0 aliphatic rings. The predicted octanol–water partition coefficient (Wildman–Crippen LogP) is 2.71. The Labute approximate surface area is 115 Å². The Morgan fingerprint density at radius 1 is 1.39 bits per heavy atom. The maximum Gasteiger partial charge on any atom is 0.197 e. The summed E-state index contributed by atoms with van der Waals surface area (Å²) in [6.45, 7) is 1.63. The fraction of sp³-hybridized carbons (Fsp3) is 0.250. The summed E-state index contributed by atoms with van der Waals surface area (Å²) >= 11 is 7.69. The topological polar surface area (TPSA) is 54.2 Å². The highest BCUT2D eigenvalue weighted by Gasteiger charge is 2.07. The fourth-order valence-corrected chi connectivity index (χ4v) is 2.69. The number of thiazole rings is 1. The summed E-state index contributed by atoms with van der Waals surface area (Å²) < 4.78 is 0. The van der Waals surface area contributed by atoms with Crippen LogP contribution in [0.5, 0.6) is 0 Å². The molecule has 0 aliphatic heterocycles. The molecule has 2 aromatic rings. The molecular weight excluding hydrogens is 268 g/mol. The monoisotopic (exact) mass is 282 g/mol. The van der Waals surface area contributed by atoms with E-state index in [0.29, 0.717) is 0 Å². The molecule has 0 fully saturated rings. The summed E-state index contributed by atoms with van der Waals surface area (Å²) in [4.78, 5) is 7.50. The number of nitrogen functional groups attached to an aromatic ring is 1. The van der Waals surface area contributed by atoms with Crippen LogP contribution in [-0.2, 0) is 13.1 Å². The molecule has 96 valence electrons. The van der Waals surface area contributed by atoms with Gasteiger partial charge in [-0.25, -0.2) is 10.8 Å². The van der Waals surface area contributed by atoms with Crippen molar-refractivity contribution < 1.29 is 0 Å². The first kappa shape index (κ1) is 13.3. The van der Waals surface area contributed by atoms with Crippen LogP contribution in [0.1, 0.15) is 10.4 Å². The molecule has 0 saturated heterocycles. The maximum atomic E-state index is 6.13. The second kappa shape index (κ2) is 6.15. The largest absolute Gasteiger partial charge is 0.300 e. The van der Waals surface area contributed by atoms with Crippen molar-refractivity contribution >= 4 is 28.1 Å². The van der Waals surface area contributed by atoms with Gasteiger partial charge in [0.05, 0.1) is 0 Å². The maximum absolute atomic E-state index is 6.13. The summed E-state index contributed by atoms with van der Waals surface area (Å²) in [5.74, 6) is 5.30. The molecule has 4 nitrogen and oxygen atoms in total. The van der Waals surface area contributed by atoms with E-state index in [1.807, 2.05) is 30.5 Å². The Kier molecular flexibility index (Phi) is 4.54. The van der Waals surface area contributed by atoms with Crippen molar-refractivity contribution in [2.45, 2.75) is 13.1 Å². The zero-order valence-corrected chi connectivity index (χ0v) is 11.6. The third-order valence-electron chi connectivity index (χ3n) is 2.50. The van der Waals surface area contributed by atoms with Crippen molar-refractivity contribution in [3.05, 3.63) is 45.9 Å². The summed E-state index contributed by atoms with van der Waals surface area (Å²) in [5.41, 5.74) is 3.68. The van der Waals surface area contributed by atoms with Gasteiger partial charge in [0.1, 0.15) is 0 Å². The summed E-state index contributed by atoms with van der Waals surface area (Å²) in [6.07, 6.45) is 1.84. The van der Waals surface area contributed by atoms with E-state index < -0.39 is 0 Å². The van der Waals surface area contributed by atoms with E-state index >= 15 is 0 Å². The third kappa shape index (κ3) is 3.43. The number of nitrogens with one attached hydrogen (secondary N) is 1. The van der Waals surface area contributed by atoms with Gasteiger partial charge in [-0.3, -0.25) is 10.3 Å². The molecule has 0 atom stereocenters. The van der Waals surface area contributed by atoms with Gasteiger partial charge < -0.3 is 0 Å². The Morgan fingerprint density at radius 2 is 2.17 bits per heavy atom. The number of rotatable bonds is 5. The van der Waals surface area contributed by atoms with Crippen LogP contribution < -0.4 is 11.3 Å². The molecule has 3 N–H and O–H groups in total. The lowest BCUT2D eigenvalue weighted by Gasteiger charge is -2.16. The van der Waals surface area contributed by atoms with E-state index in [-0.39, 0.29) is 0 Å². The fourth-order valence-electron chi connectivity index (χ4n) is 1.69. The summed E-state index contributed by atoms with van der Waals surface area (Å²) in [5, 5.41) is 1.54. The average molecular weight is 283 g/mol. The van der Waals surface area contributed by atoms with Crippen molar-refractivity contribution in [1.29, 1.82) is 0 Å². The SMILES string of the molecule is CN(Cc1cnc(NN)s1)Cc1ccccc1Cl. The van der Waals surface area contributed by atoms with Gasteiger partial charge in [-0.05, 0) is 18.7 Å². The van der Waals surface area contributed by atoms with Gasteiger partial charge in [-0.2, -0.15) is 0 Å². The molecule has 0 aliphatic carbocycles. The molecule has 1 aromatic heterocycles. The summed E-state index contributed by atoms with van der Waals surface area (Å²) in [7, 11) is 2.05. The number of hydrogen-bond acceptors (Lipinski definition) is 5. The number of benzene rings is 1. The molecule has 2 rings (SSSR count). The van der Waals surface area contributed by atoms with E-state index in [4.69, 9.17) is 17.4 Å². The zero-order valence-electron chi connectivity index (χ0n) is 10.1. The third-order valence-corrected chi connectivity index (χ3v) is 3.78. The van der Waals surface area contributed by atoms with Crippen molar-refractivity contribution in [2.24, 2.45) is 5.84 Å². The number of halogens is 1. The van der Waals surface area contributed by atoms with Gasteiger partial charge in [0, 0.05) is 29.2 Å². The summed E-state index contributed by atoms with van der Waals surface area (Å²) in [6, 6.07) is 7.89. The minimum absolute atomic E-state index is 0.733. The van der Waals surface area contributed by atoms with Crippen LogP contribution in [0.2, 0.25) is 5.02 Å². The van der Waals surface area contributed by atoms with Gasteiger partial charge in [0.2, 0.25) is 0 Å². The van der Waals surface area contributed by atoms with Crippen molar-refractivity contribution in [3.63, 3.8) is 0 Å². The van der Waals surface area contributed by atoms with Crippen molar-refractivity contribution in [3.8, 4) is 0 Å². The van der Waals surface area contributed by atoms with E-state index in [1.54, 1.807) is 11.3 Å². The number of nitrogens with two attached hydrogens (primary N) is 1. The minimum Gasteiger partial charge on any atom is -0.300 e. The molecule has 6 heteroatoms. The van der Waals surface area contributed by atoms with E-state index in [9.17, 15) is 0 Å². The number of hydrogen-bond donors (Lipinski definition) is 2. The number of hydrazine groups is 1. The van der Waals surface area contributed by atoms with E-state index in [0.717, 1.165) is 33.7 Å². The lowest BCUT2D eigenvalue weighted by Crippen LogP contribution is -2.16.